The van der Waals surface area contributed by atoms with Crippen molar-refractivity contribution in [3.8, 4) is 0 Å². The molecule has 0 bridgehead atoms. The van der Waals surface area contributed by atoms with Gasteiger partial charge in [-0.2, -0.15) is 0 Å². The van der Waals surface area contributed by atoms with Crippen molar-refractivity contribution in [2.24, 2.45) is 4.99 Å². The Morgan fingerprint density at radius 1 is 1.57 bits per heavy atom. The van der Waals surface area contributed by atoms with Crippen molar-refractivity contribution in [2.75, 3.05) is 6.26 Å². The number of hydrogen-bond donors (Lipinski definition) is 0. The summed E-state index contributed by atoms with van der Waals surface area (Å²) in [4.78, 5) is 22.2. The van der Waals surface area contributed by atoms with Crippen molar-refractivity contribution in [1.82, 2.24) is 9.97 Å². The number of hydrogen-bond acceptors (Lipinski definition) is 5. The fraction of sp³-hybridized carbons (Fsp3) is 0.643. The lowest BCUT2D eigenvalue weighted by Gasteiger charge is -2.35. The van der Waals surface area contributed by atoms with Gasteiger partial charge in [0.2, 0.25) is 6.08 Å². The normalized spacial score (nSPS) is 29.0. The molecule has 0 unspecified atom stereocenters. The van der Waals surface area contributed by atoms with Crippen molar-refractivity contribution in [1.29, 1.82) is 0 Å². The number of aromatic nitrogens is 2. The van der Waals surface area contributed by atoms with Crippen LogP contribution >= 0.6 is 11.8 Å². The summed E-state index contributed by atoms with van der Waals surface area (Å²) >= 11 is 1.37. The summed E-state index contributed by atoms with van der Waals surface area (Å²) in [5.41, 5.74) is -0.706. The predicted octanol–water partition coefficient (Wildman–Crippen LogP) is 2.98. The number of halogens is 2. The zero-order chi connectivity index (χ0) is 15.5. The first-order valence-electron chi connectivity index (χ1n) is 6.75. The van der Waals surface area contributed by atoms with Gasteiger partial charge in [0.05, 0.1) is 6.04 Å². The highest BCUT2D eigenvalue weighted by atomic mass is 32.2. The van der Waals surface area contributed by atoms with E-state index in [9.17, 15) is 13.6 Å². The third-order valence-corrected chi connectivity index (χ3v) is 4.26. The van der Waals surface area contributed by atoms with Crippen LogP contribution in [-0.4, -0.2) is 40.2 Å². The molecule has 1 aliphatic rings. The van der Waals surface area contributed by atoms with Crippen molar-refractivity contribution in [3.05, 3.63) is 17.5 Å². The van der Waals surface area contributed by atoms with Gasteiger partial charge in [-0.25, -0.2) is 28.5 Å². The van der Waals surface area contributed by atoms with Gasteiger partial charge in [0.15, 0.2) is 5.16 Å². The number of thioether (sulfide) groups is 1. The fourth-order valence-corrected chi connectivity index (χ4v) is 3.05. The van der Waals surface area contributed by atoms with Crippen LogP contribution in [0.2, 0.25) is 0 Å². The van der Waals surface area contributed by atoms with Crippen molar-refractivity contribution < 1.29 is 13.6 Å². The Kier molecular flexibility index (Phi) is 5.06. The molecule has 1 heterocycles. The average molecular weight is 313 g/mol. The Balaban J connectivity index is 2.14. The van der Waals surface area contributed by atoms with Crippen LogP contribution in [0.4, 0.5) is 8.78 Å². The fourth-order valence-electron chi connectivity index (χ4n) is 2.61. The first kappa shape index (κ1) is 16.0. The maximum absolute atomic E-state index is 14.9. The number of carbonyl (C=O) groups excluding carboxylic acids is 1. The number of nitrogens with zero attached hydrogens (tertiary/aromatic N) is 3. The van der Waals surface area contributed by atoms with E-state index < -0.39 is 17.9 Å². The second-order valence-corrected chi connectivity index (χ2v) is 6.09. The molecule has 1 saturated carbocycles. The molecule has 3 atom stereocenters. The van der Waals surface area contributed by atoms with Gasteiger partial charge >= 0.3 is 0 Å². The Labute approximate surface area is 126 Å². The average Bonchev–Trinajstić information content (AvgIpc) is 2.43. The van der Waals surface area contributed by atoms with Crippen LogP contribution in [0, 0.1) is 6.92 Å². The minimum Gasteiger partial charge on any atom is -0.244 e. The van der Waals surface area contributed by atoms with E-state index >= 15 is 0 Å². The zero-order valence-electron chi connectivity index (χ0n) is 12.0. The van der Waals surface area contributed by atoms with Crippen molar-refractivity contribution in [2.45, 2.75) is 55.6 Å². The quantitative estimate of drug-likeness (QED) is 0.371. The molecule has 0 amide bonds. The number of aliphatic imine (C=N–C) groups is 1. The van der Waals surface area contributed by atoms with Gasteiger partial charge in [-0.1, -0.05) is 11.8 Å². The number of isocyanates is 1. The first-order chi connectivity index (χ1) is 9.96. The summed E-state index contributed by atoms with van der Waals surface area (Å²) in [6, 6.07) is 1.22. The molecule has 0 aromatic carbocycles. The molecule has 1 aliphatic carbocycles. The highest BCUT2D eigenvalue weighted by molar-refractivity contribution is 7.98. The molecule has 21 heavy (non-hydrogen) atoms. The first-order valence-corrected chi connectivity index (χ1v) is 7.98. The molecule has 4 nitrogen and oxygen atoms in total. The molecule has 2 rings (SSSR count). The molecule has 0 radical (unpaired) electrons. The van der Waals surface area contributed by atoms with E-state index in [1.54, 1.807) is 13.0 Å². The van der Waals surface area contributed by atoms with E-state index in [2.05, 4.69) is 15.0 Å². The largest absolute Gasteiger partial charge is 0.244 e. The molecule has 1 fully saturated rings. The van der Waals surface area contributed by atoms with E-state index in [0.29, 0.717) is 17.3 Å². The second kappa shape index (κ2) is 6.62. The number of alkyl halides is 2. The summed E-state index contributed by atoms with van der Waals surface area (Å²) in [5.74, 6) is 0. The molecular weight excluding hydrogens is 296 g/mol. The lowest BCUT2D eigenvalue weighted by Crippen LogP contribution is -2.44. The molecule has 7 heteroatoms. The van der Waals surface area contributed by atoms with Crippen LogP contribution in [-0.2, 0) is 11.2 Å². The highest BCUT2D eigenvalue weighted by Crippen LogP contribution is 2.38. The van der Waals surface area contributed by atoms with Gasteiger partial charge in [0.25, 0.3) is 0 Å². The maximum Gasteiger partial charge on any atom is 0.235 e. The third-order valence-electron chi connectivity index (χ3n) is 3.71. The summed E-state index contributed by atoms with van der Waals surface area (Å²) < 4.78 is 29.0. The van der Waals surface area contributed by atoms with Crippen LogP contribution in [0.5, 0.6) is 0 Å². The van der Waals surface area contributed by atoms with Gasteiger partial charge in [0.1, 0.15) is 11.8 Å². The summed E-state index contributed by atoms with van der Waals surface area (Å²) in [6.45, 7) is 1.80. The minimum absolute atomic E-state index is 0.0294. The Hall–Kier alpha value is -1.33. The second-order valence-electron chi connectivity index (χ2n) is 5.31. The predicted molar refractivity (Wildman–Crippen MR) is 76.7 cm³/mol. The molecule has 0 aliphatic heterocycles. The molecule has 1 aromatic rings. The van der Waals surface area contributed by atoms with Gasteiger partial charge in [-0.05, 0) is 32.1 Å². The molecule has 0 spiro atoms. The molecule has 0 N–H and O–H groups in total. The number of rotatable bonds is 4. The van der Waals surface area contributed by atoms with E-state index in [0.717, 1.165) is 5.69 Å². The van der Waals surface area contributed by atoms with Crippen LogP contribution in [0.15, 0.2) is 16.2 Å². The van der Waals surface area contributed by atoms with E-state index in [4.69, 9.17) is 0 Å². The molecular formula is C14H17F2N3OS. The van der Waals surface area contributed by atoms with E-state index in [1.165, 1.54) is 17.8 Å². The molecule has 0 saturated heterocycles. The number of aryl methyl sites for hydroxylation is 1. The molecule has 114 valence electrons. The highest BCUT2D eigenvalue weighted by Gasteiger charge is 2.45. The third kappa shape index (κ3) is 3.86. The minimum atomic E-state index is -1.95. The monoisotopic (exact) mass is 313 g/mol. The topological polar surface area (TPSA) is 55.2 Å². The standard InChI is InChI=1S/C14H17F2N3OS/c1-9-5-11(19-13(18-9)21-2)7-14(16)4-3-10(17-8-20)6-12(14)15/h5,10,12H,3-4,6-7H2,1-2H3/t10-,12-,14-/m1/s1. The lowest BCUT2D eigenvalue weighted by molar-refractivity contribution is 0.00599. The SMILES string of the molecule is CSc1nc(C)cc(C[C@]2(F)CC[C@@H](N=C=O)C[C@H]2F)n1. The summed E-state index contributed by atoms with van der Waals surface area (Å²) in [7, 11) is 0. The lowest BCUT2D eigenvalue weighted by atomic mass is 9.79. The van der Waals surface area contributed by atoms with Crippen molar-refractivity contribution >= 4 is 17.8 Å². The van der Waals surface area contributed by atoms with Crippen molar-refractivity contribution in [3.63, 3.8) is 0 Å². The van der Waals surface area contributed by atoms with E-state index in [1.807, 2.05) is 6.26 Å². The summed E-state index contributed by atoms with van der Waals surface area (Å²) in [5, 5.41) is 0.559. The Morgan fingerprint density at radius 3 is 2.95 bits per heavy atom. The van der Waals surface area contributed by atoms with Gasteiger partial charge < -0.3 is 0 Å². The van der Waals surface area contributed by atoms with Crippen LogP contribution < -0.4 is 0 Å². The Morgan fingerprint density at radius 2 is 2.33 bits per heavy atom. The van der Waals surface area contributed by atoms with Gasteiger partial charge in [0, 0.05) is 24.2 Å². The van der Waals surface area contributed by atoms with E-state index in [-0.39, 0.29) is 19.3 Å². The summed E-state index contributed by atoms with van der Waals surface area (Å²) in [6.07, 6.45) is 1.83. The smallest absolute Gasteiger partial charge is 0.235 e. The van der Waals surface area contributed by atoms with Gasteiger partial charge in [-0.3, -0.25) is 0 Å². The Bertz CT molecular complexity index is 565. The van der Waals surface area contributed by atoms with Gasteiger partial charge in [-0.15, -0.1) is 0 Å². The zero-order valence-corrected chi connectivity index (χ0v) is 12.8. The maximum atomic E-state index is 14.9. The van der Waals surface area contributed by atoms with Crippen LogP contribution in [0.3, 0.4) is 0 Å². The van der Waals surface area contributed by atoms with Crippen LogP contribution in [0.25, 0.3) is 0 Å². The molecule has 1 aromatic heterocycles. The van der Waals surface area contributed by atoms with Crippen LogP contribution in [0.1, 0.15) is 30.7 Å².